The van der Waals surface area contributed by atoms with Crippen LogP contribution in [0.15, 0.2) is 53.6 Å². The number of anilines is 1. The summed E-state index contributed by atoms with van der Waals surface area (Å²) in [6, 6.07) is 16.8. The molecule has 0 unspecified atom stereocenters. The zero-order valence-electron chi connectivity index (χ0n) is 13.4. The normalized spacial score (nSPS) is 10.4. The van der Waals surface area contributed by atoms with Gasteiger partial charge in [0.25, 0.3) is 0 Å². The number of hydrogen-bond donors (Lipinski definition) is 1. The molecule has 0 aliphatic heterocycles. The highest BCUT2D eigenvalue weighted by Crippen LogP contribution is 2.33. The second-order valence-corrected chi connectivity index (χ2v) is 6.59. The topological polar surface area (TPSA) is 65.8 Å². The summed E-state index contributed by atoms with van der Waals surface area (Å²) in [6.07, 6.45) is 2.07. The Balaban J connectivity index is 2.05. The van der Waals surface area contributed by atoms with Gasteiger partial charge in [0.2, 0.25) is 5.91 Å². The van der Waals surface area contributed by atoms with Crippen LogP contribution in [-0.4, -0.2) is 17.1 Å². The second-order valence-electron chi connectivity index (χ2n) is 5.35. The Morgan fingerprint density at radius 2 is 2.04 bits per heavy atom. The van der Waals surface area contributed by atoms with Crippen molar-refractivity contribution in [2.24, 2.45) is 0 Å². The summed E-state index contributed by atoms with van der Waals surface area (Å²) in [6.45, 7) is 0. The number of rotatable bonds is 4. The van der Waals surface area contributed by atoms with Crippen LogP contribution < -0.4 is 5.32 Å². The SMILES string of the molecule is CSc1nc2ccc(Cl)cc2c(NC(=O)Cc2ccccc2)c1C#N. The molecule has 1 heterocycles. The number of hydrogen-bond acceptors (Lipinski definition) is 4. The standard InChI is InChI=1S/C19H14ClN3OS/c1-25-19-15(11-21)18(14-10-13(20)7-8-16(14)22-19)23-17(24)9-12-5-3-2-4-6-12/h2-8,10H,9H2,1H3,(H,22,23,24). The van der Waals surface area contributed by atoms with E-state index in [9.17, 15) is 10.1 Å². The first-order chi connectivity index (χ1) is 12.1. The van der Waals surface area contributed by atoms with E-state index in [0.29, 0.717) is 32.2 Å². The van der Waals surface area contributed by atoms with E-state index in [1.165, 1.54) is 11.8 Å². The lowest BCUT2D eigenvalue weighted by Crippen LogP contribution is -2.16. The Bertz CT molecular complexity index is 983. The van der Waals surface area contributed by atoms with Crippen LogP contribution in [0, 0.1) is 11.3 Å². The van der Waals surface area contributed by atoms with Crippen LogP contribution in [0.3, 0.4) is 0 Å². The zero-order chi connectivity index (χ0) is 17.8. The Morgan fingerprint density at radius 1 is 1.28 bits per heavy atom. The molecule has 0 saturated carbocycles. The van der Waals surface area contributed by atoms with E-state index in [-0.39, 0.29) is 12.3 Å². The van der Waals surface area contributed by atoms with Crippen molar-refractivity contribution in [3.05, 3.63) is 64.7 Å². The van der Waals surface area contributed by atoms with E-state index in [2.05, 4.69) is 16.4 Å². The second kappa shape index (κ2) is 7.56. The van der Waals surface area contributed by atoms with Gasteiger partial charge in [0.15, 0.2) is 0 Å². The number of carbonyl (C=O) groups excluding carboxylic acids is 1. The highest BCUT2D eigenvalue weighted by molar-refractivity contribution is 7.98. The third kappa shape index (κ3) is 3.76. The van der Waals surface area contributed by atoms with Crippen molar-refractivity contribution < 1.29 is 4.79 Å². The molecule has 1 amide bonds. The molecule has 2 aromatic carbocycles. The third-order valence-corrected chi connectivity index (χ3v) is 4.61. The van der Waals surface area contributed by atoms with E-state index in [1.54, 1.807) is 18.2 Å². The monoisotopic (exact) mass is 367 g/mol. The van der Waals surface area contributed by atoms with Crippen molar-refractivity contribution >= 4 is 45.9 Å². The summed E-state index contributed by atoms with van der Waals surface area (Å²) in [5, 5.41) is 14.2. The fraction of sp³-hybridized carbons (Fsp3) is 0.105. The average Bonchev–Trinajstić information content (AvgIpc) is 2.62. The maximum absolute atomic E-state index is 12.5. The number of amides is 1. The molecule has 124 valence electrons. The van der Waals surface area contributed by atoms with Crippen LogP contribution in [-0.2, 0) is 11.2 Å². The van der Waals surface area contributed by atoms with Gasteiger partial charge in [-0.3, -0.25) is 4.79 Å². The number of nitrogens with one attached hydrogen (secondary N) is 1. The van der Waals surface area contributed by atoms with Gasteiger partial charge in [-0.1, -0.05) is 41.9 Å². The maximum atomic E-state index is 12.5. The first kappa shape index (κ1) is 17.3. The highest BCUT2D eigenvalue weighted by atomic mass is 35.5. The predicted molar refractivity (Wildman–Crippen MR) is 102 cm³/mol. The Kier molecular flexibility index (Phi) is 5.22. The van der Waals surface area contributed by atoms with Crippen LogP contribution in [0.2, 0.25) is 5.02 Å². The number of aromatic nitrogens is 1. The molecule has 0 aliphatic carbocycles. The van der Waals surface area contributed by atoms with Gasteiger partial charge >= 0.3 is 0 Å². The molecule has 0 atom stereocenters. The number of nitrogens with zero attached hydrogens (tertiary/aromatic N) is 2. The lowest BCUT2D eigenvalue weighted by molar-refractivity contribution is -0.115. The summed E-state index contributed by atoms with van der Waals surface area (Å²) >= 11 is 7.46. The number of halogens is 1. The van der Waals surface area contributed by atoms with Gasteiger partial charge in [0.05, 0.1) is 17.6 Å². The molecular formula is C19H14ClN3OS. The summed E-state index contributed by atoms with van der Waals surface area (Å²) < 4.78 is 0. The van der Waals surface area contributed by atoms with E-state index in [4.69, 9.17) is 11.6 Å². The van der Waals surface area contributed by atoms with Gasteiger partial charge in [0, 0.05) is 10.4 Å². The van der Waals surface area contributed by atoms with E-state index in [1.807, 2.05) is 36.6 Å². The number of benzene rings is 2. The van der Waals surface area contributed by atoms with Gasteiger partial charge in [0.1, 0.15) is 16.7 Å². The smallest absolute Gasteiger partial charge is 0.228 e. The lowest BCUT2D eigenvalue weighted by Gasteiger charge is -2.13. The fourth-order valence-corrected chi connectivity index (χ4v) is 3.27. The molecule has 0 radical (unpaired) electrons. The van der Waals surface area contributed by atoms with E-state index < -0.39 is 0 Å². The molecule has 1 aromatic heterocycles. The van der Waals surface area contributed by atoms with Crippen LogP contribution in [0.4, 0.5) is 5.69 Å². The number of fused-ring (bicyclic) bond motifs is 1. The molecule has 0 fully saturated rings. The number of pyridine rings is 1. The van der Waals surface area contributed by atoms with Crippen LogP contribution in [0.5, 0.6) is 0 Å². The van der Waals surface area contributed by atoms with Crippen LogP contribution in [0.25, 0.3) is 10.9 Å². The van der Waals surface area contributed by atoms with Gasteiger partial charge in [-0.25, -0.2) is 4.98 Å². The quantitative estimate of drug-likeness (QED) is 0.681. The molecule has 3 rings (SSSR count). The van der Waals surface area contributed by atoms with Crippen molar-refractivity contribution in [3.63, 3.8) is 0 Å². The average molecular weight is 368 g/mol. The minimum Gasteiger partial charge on any atom is -0.324 e. The van der Waals surface area contributed by atoms with Gasteiger partial charge < -0.3 is 5.32 Å². The van der Waals surface area contributed by atoms with Crippen molar-refractivity contribution in [1.82, 2.24) is 4.98 Å². The lowest BCUT2D eigenvalue weighted by atomic mass is 10.1. The van der Waals surface area contributed by atoms with Crippen molar-refractivity contribution in [2.75, 3.05) is 11.6 Å². The van der Waals surface area contributed by atoms with Gasteiger partial charge in [-0.2, -0.15) is 5.26 Å². The Labute approximate surface area is 154 Å². The number of carbonyl (C=O) groups is 1. The molecule has 0 spiro atoms. The van der Waals surface area contributed by atoms with E-state index >= 15 is 0 Å². The molecule has 0 saturated heterocycles. The molecule has 25 heavy (non-hydrogen) atoms. The largest absolute Gasteiger partial charge is 0.324 e. The molecule has 0 aliphatic rings. The molecule has 1 N–H and O–H groups in total. The Morgan fingerprint density at radius 3 is 2.72 bits per heavy atom. The first-order valence-electron chi connectivity index (χ1n) is 7.53. The van der Waals surface area contributed by atoms with Crippen molar-refractivity contribution in [1.29, 1.82) is 5.26 Å². The first-order valence-corrected chi connectivity index (χ1v) is 9.13. The van der Waals surface area contributed by atoms with Crippen LogP contribution >= 0.6 is 23.4 Å². The fourth-order valence-electron chi connectivity index (χ4n) is 2.56. The van der Waals surface area contributed by atoms with Crippen molar-refractivity contribution in [3.8, 4) is 6.07 Å². The Hall–Kier alpha value is -2.55. The van der Waals surface area contributed by atoms with E-state index in [0.717, 1.165) is 5.56 Å². The summed E-state index contributed by atoms with van der Waals surface area (Å²) in [4.78, 5) is 17.0. The van der Waals surface area contributed by atoms with Gasteiger partial charge in [-0.05, 0) is 30.0 Å². The van der Waals surface area contributed by atoms with Crippen LogP contribution in [0.1, 0.15) is 11.1 Å². The van der Waals surface area contributed by atoms with Crippen molar-refractivity contribution in [2.45, 2.75) is 11.4 Å². The molecule has 6 heteroatoms. The maximum Gasteiger partial charge on any atom is 0.228 e. The minimum absolute atomic E-state index is 0.192. The number of thioether (sulfide) groups is 1. The minimum atomic E-state index is -0.192. The highest BCUT2D eigenvalue weighted by Gasteiger charge is 2.17. The molecule has 0 bridgehead atoms. The summed E-state index contributed by atoms with van der Waals surface area (Å²) in [5.74, 6) is -0.192. The molecule has 3 aromatic rings. The third-order valence-electron chi connectivity index (χ3n) is 3.69. The predicted octanol–water partition coefficient (Wildman–Crippen LogP) is 4.66. The number of nitriles is 1. The zero-order valence-corrected chi connectivity index (χ0v) is 15.0. The summed E-state index contributed by atoms with van der Waals surface area (Å²) in [5.41, 5.74) is 2.40. The summed E-state index contributed by atoms with van der Waals surface area (Å²) in [7, 11) is 0. The molecular weight excluding hydrogens is 354 g/mol. The van der Waals surface area contributed by atoms with Gasteiger partial charge in [-0.15, -0.1) is 11.8 Å². The molecule has 4 nitrogen and oxygen atoms in total.